The first-order valence-electron chi connectivity index (χ1n) is 8.34. The largest absolute Gasteiger partial charge is 0.322 e. The number of carbonyl (C=O) groups is 1. The molecule has 0 bridgehead atoms. The van der Waals surface area contributed by atoms with Crippen molar-refractivity contribution in [1.82, 2.24) is 0 Å². The summed E-state index contributed by atoms with van der Waals surface area (Å²) in [5.74, 6) is -0.276. The number of hydrogen-bond donors (Lipinski definition) is 1. The predicted octanol–water partition coefficient (Wildman–Crippen LogP) is 4.42. The van der Waals surface area contributed by atoms with E-state index in [4.69, 9.17) is 0 Å². The molecule has 2 aromatic rings. The van der Waals surface area contributed by atoms with Gasteiger partial charge in [-0.3, -0.25) is 4.79 Å². The predicted molar refractivity (Wildman–Crippen MR) is 103 cm³/mol. The van der Waals surface area contributed by atoms with E-state index >= 15 is 0 Å². The molecule has 1 fully saturated rings. The van der Waals surface area contributed by atoms with Crippen LogP contribution in [0, 0.1) is 6.92 Å². The first-order chi connectivity index (χ1) is 11.9. The molecule has 0 saturated heterocycles. The topological polar surface area (TPSA) is 63.2 Å². The van der Waals surface area contributed by atoms with Gasteiger partial charge >= 0.3 is 0 Å². The summed E-state index contributed by atoms with van der Waals surface area (Å²) in [4.78, 5) is 14.5. The highest BCUT2D eigenvalue weighted by Gasteiger charge is 2.30. The third-order valence-corrected chi connectivity index (χ3v) is 7.56. The van der Waals surface area contributed by atoms with Crippen LogP contribution in [0.1, 0.15) is 35.4 Å². The number of carbonyl (C=O) groups excluding carboxylic acids is 1. The SMILES string of the molecule is Cc1ccc(C=CC(=O)Nc2cccc(S(=O)(=O)C3CCCC3)c2)s1. The van der Waals surface area contributed by atoms with Gasteiger partial charge in [-0.1, -0.05) is 18.9 Å². The van der Waals surface area contributed by atoms with Crippen LogP contribution in [0.25, 0.3) is 6.08 Å². The van der Waals surface area contributed by atoms with Crippen molar-refractivity contribution in [3.8, 4) is 0 Å². The third-order valence-electron chi connectivity index (χ3n) is 4.33. The maximum atomic E-state index is 12.7. The molecular weight excluding hydrogens is 354 g/mol. The second-order valence-corrected chi connectivity index (χ2v) is 9.80. The molecule has 0 unspecified atom stereocenters. The van der Waals surface area contributed by atoms with Gasteiger partial charge in [0.25, 0.3) is 0 Å². The molecule has 132 valence electrons. The Kier molecular flexibility index (Phi) is 5.39. The van der Waals surface area contributed by atoms with Gasteiger partial charge in [0.2, 0.25) is 5.91 Å². The lowest BCUT2D eigenvalue weighted by molar-refractivity contribution is -0.111. The molecule has 25 heavy (non-hydrogen) atoms. The first kappa shape index (κ1) is 17.9. The van der Waals surface area contributed by atoms with Crippen molar-refractivity contribution in [3.63, 3.8) is 0 Å². The molecule has 1 aromatic heterocycles. The van der Waals surface area contributed by atoms with Crippen LogP contribution in [-0.2, 0) is 14.6 Å². The smallest absolute Gasteiger partial charge is 0.248 e. The van der Waals surface area contributed by atoms with Gasteiger partial charge in [-0.2, -0.15) is 0 Å². The Labute approximate surface area is 152 Å². The Balaban J connectivity index is 1.71. The van der Waals surface area contributed by atoms with E-state index in [-0.39, 0.29) is 16.1 Å². The summed E-state index contributed by atoms with van der Waals surface area (Å²) in [6.45, 7) is 2.01. The minimum atomic E-state index is -3.32. The summed E-state index contributed by atoms with van der Waals surface area (Å²) in [5, 5.41) is 2.45. The van der Waals surface area contributed by atoms with Gasteiger partial charge in [0.1, 0.15) is 0 Å². The van der Waals surface area contributed by atoms with Crippen LogP contribution < -0.4 is 5.32 Å². The maximum absolute atomic E-state index is 12.7. The van der Waals surface area contributed by atoms with E-state index in [1.54, 1.807) is 41.7 Å². The minimum Gasteiger partial charge on any atom is -0.322 e. The molecule has 4 nitrogen and oxygen atoms in total. The molecule has 1 aliphatic carbocycles. The summed E-state index contributed by atoms with van der Waals surface area (Å²) in [5.41, 5.74) is 0.496. The number of hydrogen-bond acceptors (Lipinski definition) is 4. The van der Waals surface area contributed by atoms with Crippen molar-refractivity contribution in [2.24, 2.45) is 0 Å². The Morgan fingerprint density at radius 1 is 1.20 bits per heavy atom. The van der Waals surface area contributed by atoms with Crippen molar-refractivity contribution in [3.05, 3.63) is 52.2 Å². The van der Waals surface area contributed by atoms with Gasteiger partial charge < -0.3 is 5.32 Å². The van der Waals surface area contributed by atoms with E-state index in [2.05, 4.69) is 5.32 Å². The quantitative estimate of drug-likeness (QED) is 0.787. The average Bonchev–Trinajstić information content (AvgIpc) is 3.25. The molecule has 0 atom stereocenters. The number of benzene rings is 1. The molecule has 3 rings (SSSR count). The number of anilines is 1. The van der Waals surface area contributed by atoms with E-state index in [0.29, 0.717) is 5.69 Å². The monoisotopic (exact) mass is 375 g/mol. The lowest BCUT2D eigenvalue weighted by Crippen LogP contribution is -2.18. The van der Waals surface area contributed by atoms with E-state index < -0.39 is 9.84 Å². The normalized spacial score (nSPS) is 15.7. The number of thiophene rings is 1. The van der Waals surface area contributed by atoms with Gasteiger partial charge in [0.05, 0.1) is 10.1 Å². The Morgan fingerprint density at radius 2 is 1.96 bits per heavy atom. The van der Waals surface area contributed by atoms with Crippen molar-refractivity contribution in [2.75, 3.05) is 5.32 Å². The minimum absolute atomic E-state index is 0.276. The summed E-state index contributed by atoms with van der Waals surface area (Å²) in [7, 11) is -3.32. The molecule has 1 heterocycles. The molecule has 1 aliphatic rings. The zero-order valence-electron chi connectivity index (χ0n) is 14.1. The van der Waals surface area contributed by atoms with Crippen LogP contribution in [0.15, 0.2) is 47.4 Å². The summed E-state index contributed by atoms with van der Waals surface area (Å²) in [6, 6.07) is 10.5. The Hall–Kier alpha value is -1.92. The summed E-state index contributed by atoms with van der Waals surface area (Å²) >= 11 is 1.61. The highest BCUT2D eigenvalue weighted by Crippen LogP contribution is 2.30. The van der Waals surface area contributed by atoms with E-state index in [0.717, 1.165) is 30.6 Å². The maximum Gasteiger partial charge on any atom is 0.248 e. The van der Waals surface area contributed by atoms with Crippen molar-refractivity contribution in [1.29, 1.82) is 0 Å². The van der Waals surface area contributed by atoms with Gasteiger partial charge in [-0.05, 0) is 56.2 Å². The molecule has 1 amide bonds. The van der Waals surface area contributed by atoms with Crippen molar-refractivity contribution in [2.45, 2.75) is 42.8 Å². The fraction of sp³-hybridized carbons (Fsp3) is 0.316. The molecular formula is C19H21NO3S2. The molecule has 1 aromatic carbocycles. The first-order valence-corrected chi connectivity index (χ1v) is 10.7. The summed E-state index contributed by atoms with van der Waals surface area (Å²) in [6.07, 6.45) is 6.60. The Morgan fingerprint density at radius 3 is 2.64 bits per heavy atom. The van der Waals surface area contributed by atoms with Crippen LogP contribution in [-0.4, -0.2) is 19.6 Å². The highest BCUT2D eigenvalue weighted by molar-refractivity contribution is 7.92. The lowest BCUT2D eigenvalue weighted by Gasteiger charge is -2.12. The summed E-state index contributed by atoms with van der Waals surface area (Å²) < 4.78 is 25.3. The number of amides is 1. The van der Waals surface area contributed by atoms with Crippen LogP contribution in [0.5, 0.6) is 0 Å². The van der Waals surface area contributed by atoms with Gasteiger partial charge in [-0.15, -0.1) is 11.3 Å². The van der Waals surface area contributed by atoms with Gasteiger partial charge in [-0.25, -0.2) is 8.42 Å². The lowest BCUT2D eigenvalue weighted by atomic mass is 10.3. The number of sulfone groups is 1. The fourth-order valence-electron chi connectivity index (χ4n) is 3.03. The highest BCUT2D eigenvalue weighted by atomic mass is 32.2. The van der Waals surface area contributed by atoms with Gasteiger partial charge in [0, 0.05) is 21.5 Å². The zero-order valence-corrected chi connectivity index (χ0v) is 15.7. The second kappa shape index (κ2) is 7.54. The zero-order chi connectivity index (χ0) is 17.9. The van der Waals surface area contributed by atoms with E-state index in [1.807, 2.05) is 19.1 Å². The van der Waals surface area contributed by atoms with Crippen LogP contribution in [0.4, 0.5) is 5.69 Å². The molecule has 6 heteroatoms. The van der Waals surface area contributed by atoms with Crippen LogP contribution in [0.3, 0.4) is 0 Å². The van der Waals surface area contributed by atoms with Crippen LogP contribution in [0.2, 0.25) is 0 Å². The number of rotatable bonds is 5. The molecule has 0 radical (unpaired) electrons. The van der Waals surface area contributed by atoms with E-state index in [9.17, 15) is 13.2 Å². The Bertz CT molecular complexity index is 891. The van der Waals surface area contributed by atoms with E-state index in [1.165, 1.54) is 11.0 Å². The number of aryl methyl sites for hydroxylation is 1. The standard InChI is InChI=1S/C19H21NO3S2/c1-14-9-10-16(24-14)11-12-19(21)20-15-5-4-8-18(13-15)25(22,23)17-6-2-3-7-17/h4-5,8-13,17H,2-3,6-7H2,1H3,(H,20,21). The molecule has 1 saturated carbocycles. The van der Waals surface area contributed by atoms with Crippen molar-refractivity contribution >= 4 is 38.8 Å². The van der Waals surface area contributed by atoms with Crippen LogP contribution >= 0.6 is 11.3 Å². The second-order valence-electron chi connectivity index (χ2n) is 6.25. The van der Waals surface area contributed by atoms with Crippen molar-refractivity contribution < 1.29 is 13.2 Å². The third kappa shape index (κ3) is 4.38. The molecule has 0 spiro atoms. The molecule has 1 N–H and O–H groups in total. The van der Waals surface area contributed by atoms with Gasteiger partial charge in [0.15, 0.2) is 9.84 Å². The molecule has 0 aliphatic heterocycles. The fourth-order valence-corrected chi connectivity index (χ4v) is 5.71. The average molecular weight is 376 g/mol. The number of nitrogens with one attached hydrogen (secondary N) is 1.